The summed E-state index contributed by atoms with van der Waals surface area (Å²) in [7, 11) is -3.53. The SMILES string of the molecule is CCC(C)(C)c1ccc(Oc2sc(S(C)(=O)=O)cc2[N+](=O)[O-])cc1. The van der Waals surface area contributed by atoms with Crippen LogP contribution < -0.4 is 4.74 Å². The molecule has 0 amide bonds. The fourth-order valence-electron chi connectivity index (χ4n) is 2.01. The van der Waals surface area contributed by atoms with E-state index in [1.54, 1.807) is 12.1 Å². The average Bonchev–Trinajstić information content (AvgIpc) is 2.92. The van der Waals surface area contributed by atoms with Crippen LogP contribution in [0, 0.1) is 10.1 Å². The van der Waals surface area contributed by atoms with E-state index >= 15 is 0 Å². The first-order valence-electron chi connectivity index (χ1n) is 7.31. The Morgan fingerprint density at radius 2 is 1.83 bits per heavy atom. The second-order valence-corrected chi connectivity index (χ2v) is 9.39. The molecule has 0 saturated carbocycles. The molecule has 0 unspecified atom stereocenters. The second kappa shape index (κ2) is 6.52. The van der Waals surface area contributed by atoms with E-state index in [9.17, 15) is 18.5 Å². The summed E-state index contributed by atoms with van der Waals surface area (Å²) < 4.78 is 28.7. The Morgan fingerprint density at radius 3 is 2.29 bits per heavy atom. The molecule has 0 spiro atoms. The maximum Gasteiger partial charge on any atom is 0.324 e. The van der Waals surface area contributed by atoms with Gasteiger partial charge >= 0.3 is 5.69 Å². The number of nitrogens with zero attached hydrogens (tertiary/aromatic N) is 1. The van der Waals surface area contributed by atoms with Crippen LogP contribution in [0.1, 0.15) is 32.8 Å². The summed E-state index contributed by atoms with van der Waals surface area (Å²) in [4.78, 5) is 10.5. The summed E-state index contributed by atoms with van der Waals surface area (Å²) in [5, 5.41) is 11.1. The Kier molecular flexibility index (Phi) is 5.00. The topological polar surface area (TPSA) is 86.5 Å². The van der Waals surface area contributed by atoms with Gasteiger partial charge in [0.2, 0.25) is 0 Å². The minimum atomic E-state index is -3.53. The normalized spacial score (nSPS) is 12.2. The molecule has 0 saturated heterocycles. The summed E-state index contributed by atoms with van der Waals surface area (Å²) in [6.45, 7) is 6.36. The number of thiophene rings is 1. The summed E-state index contributed by atoms with van der Waals surface area (Å²) in [6, 6.07) is 8.32. The van der Waals surface area contributed by atoms with Gasteiger partial charge in [-0.15, -0.1) is 0 Å². The first-order chi connectivity index (χ1) is 11.0. The van der Waals surface area contributed by atoms with Crippen molar-refractivity contribution in [2.75, 3.05) is 6.26 Å². The van der Waals surface area contributed by atoms with E-state index in [-0.39, 0.29) is 20.4 Å². The van der Waals surface area contributed by atoms with Crippen LogP contribution in [-0.2, 0) is 15.3 Å². The van der Waals surface area contributed by atoms with E-state index in [1.807, 2.05) is 12.1 Å². The Labute approximate surface area is 145 Å². The number of sulfone groups is 1. The molecule has 0 aliphatic carbocycles. The fraction of sp³-hybridized carbons (Fsp3) is 0.375. The van der Waals surface area contributed by atoms with Gasteiger partial charge in [0.25, 0.3) is 5.06 Å². The van der Waals surface area contributed by atoms with Crippen LogP contribution in [0.2, 0.25) is 0 Å². The number of ether oxygens (including phenoxy) is 1. The molecule has 2 rings (SSSR count). The molecule has 0 N–H and O–H groups in total. The zero-order valence-electron chi connectivity index (χ0n) is 13.9. The van der Waals surface area contributed by atoms with Crippen molar-refractivity contribution in [3.63, 3.8) is 0 Å². The summed E-state index contributed by atoms with van der Waals surface area (Å²) >= 11 is 0.752. The first kappa shape index (κ1) is 18.4. The second-order valence-electron chi connectivity index (χ2n) is 6.13. The van der Waals surface area contributed by atoms with Gasteiger partial charge in [0.05, 0.1) is 4.92 Å². The van der Waals surface area contributed by atoms with Crippen molar-refractivity contribution >= 4 is 26.9 Å². The number of rotatable bonds is 6. The zero-order valence-corrected chi connectivity index (χ0v) is 15.5. The van der Waals surface area contributed by atoms with Gasteiger partial charge in [-0.2, -0.15) is 0 Å². The molecule has 2 aromatic rings. The summed E-state index contributed by atoms with van der Waals surface area (Å²) in [6.07, 6.45) is 1.98. The van der Waals surface area contributed by atoms with Crippen LogP contribution in [-0.4, -0.2) is 19.6 Å². The highest BCUT2D eigenvalue weighted by molar-refractivity contribution is 7.92. The Hall–Kier alpha value is -1.93. The Balaban J connectivity index is 2.34. The van der Waals surface area contributed by atoms with Crippen molar-refractivity contribution in [2.45, 2.75) is 36.8 Å². The van der Waals surface area contributed by atoms with E-state index in [0.717, 1.165) is 35.6 Å². The lowest BCUT2D eigenvalue weighted by Crippen LogP contribution is -2.14. The van der Waals surface area contributed by atoms with Gasteiger partial charge in [-0.3, -0.25) is 10.1 Å². The van der Waals surface area contributed by atoms with Gasteiger partial charge in [-0.1, -0.05) is 44.2 Å². The van der Waals surface area contributed by atoms with Crippen molar-refractivity contribution in [1.29, 1.82) is 0 Å². The number of nitro groups is 1. The highest BCUT2D eigenvalue weighted by Gasteiger charge is 2.25. The highest BCUT2D eigenvalue weighted by atomic mass is 32.2. The summed E-state index contributed by atoms with van der Waals surface area (Å²) in [5.74, 6) is 0.427. The molecule has 1 heterocycles. The van der Waals surface area contributed by atoms with Gasteiger partial charge in [-0.25, -0.2) is 8.42 Å². The van der Waals surface area contributed by atoms with Crippen molar-refractivity contribution in [1.82, 2.24) is 0 Å². The lowest BCUT2D eigenvalue weighted by molar-refractivity contribution is -0.385. The molecule has 1 aromatic heterocycles. The lowest BCUT2D eigenvalue weighted by Gasteiger charge is -2.23. The predicted octanol–water partition coefficient (Wildman–Crippen LogP) is 4.54. The lowest BCUT2D eigenvalue weighted by atomic mass is 9.82. The molecule has 8 heteroatoms. The molecule has 0 fully saturated rings. The molecule has 24 heavy (non-hydrogen) atoms. The van der Waals surface area contributed by atoms with Crippen molar-refractivity contribution in [3.05, 3.63) is 46.0 Å². The minimum Gasteiger partial charge on any atom is -0.440 e. The largest absolute Gasteiger partial charge is 0.440 e. The van der Waals surface area contributed by atoms with Gasteiger partial charge in [0, 0.05) is 12.3 Å². The third kappa shape index (κ3) is 3.93. The number of hydrogen-bond acceptors (Lipinski definition) is 6. The molecular formula is C16H19NO5S2. The maximum absolute atomic E-state index is 11.6. The van der Waals surface area contributed by atoms with Crippen LogP contribution >= 0.6 is 11.3 Å². The minimum absolute atomic E-state index is 0.0247. The molecule has 0 radical (unpaired) electrons. The van der Waals surface area contributed by atoms with E-state index in [0.29, 0.717) is 5.75 Å². The van der Waals surface area contributed by atoms with Crippen LogP contribution in [0.25, 0.3) is 0 Å². The smallest absolute Gasteiger partial charge is 0.324 e. The maximum atomic E-state index is 11.6. The van der Waals surface area contributed by atoms with Crippen molar-refractivity contribution in [2.24, 2.45) is 0 Å². The van der Waals surface area contributed by atoms with Crippen LogP contribution in [0.5, 0.6) is 10.8 Å². The molecule has 0 atom stereocenters. The van der Waals surface area contributed by atoms with E-state index in [2.05, 4.69) is 20.8 Å². The van der Waals surface area contributed by atoms with Gasteiger partial charge in [0.15, 0.2) is 9.84 Å². The van der Waals surface area contributed by atoms with Crippen LogP contribution in [0.3, 0.4) is 0 Å². The third-order valence-electron chi connectivity index (χ3n) is 3.95. The Bertz CT molecular complexity index is 851. The van der Waals surface area contributed by atoms with Crippen LogP contribution in [0.4, 0.5) is 5.69 Å². The Morgan fingerprint density at radius 1 is 1.25 bits per heavy atom. The monoisotopic (exact) mass is 369 g/mol. The standard InChI is InChI=1S/C16H19NO5S2/c1-5-16(2,3)11-6-8-12(9-7-11)22-15-13(17(18)19)10-14(23-15)24(4,20)21/h6-10H,5H2,1-4H3. The average molecular weight is 369 g/mol. The molecule has 0 aliphatic rings. The number of benzene rings is 1. The van der Waals surface area contributed by atoms with Gasteiger partial charge in [-0.05, 0) is 29.5 Å². The van der Waals surface area contributed by atoms with Crippen LogP contribution in [0.15, 0.2) is 34.5 Å². The zero-order chi connectivity index (χ0) is 18.1. The van der Waals surface area contributed by atoms with Crippen molar-refractivity contribution in [3.8, 4) is 10.8 Å². The highest BCUT2D eigenvalue weighted by Crippen LogP contribution is 2.42. The number of hydrogen-bond donors (Lipinski definition) is 0. The van der Waals surface area contributed by atoms with Gasteiger partial charge in [0.1, 0.15) is 9.96 Å². The molecule has 130 valence electrons. The quantitative estimate of drug-likeness (QED) is 0.551. The molecule has 0 bridgehead atoms. The molecular weight excluding hydrogens is 350 g/mol. The van der Waals surface area contributed by atoms with E-state index in [4.69, 9.17) is 4.74 Å². The third-order valence-corrected chi connectivity index (χ3v) is 6.75. The predicted molar refractivity (Wildman–Crippen MR) is 93.9 cm³/mol. The van der Waals surface area contributed by atoms with E-state index < -0.39 is 14.8 Å². The van der Waals surface area contributed by atoms with Gasteiger partial charge < -0.3 is 4.74 Å². The summed E-state index contributed by atoms with van der Waals surface area (Å²) in [5.41, 5.74) is 0.810. The molecule has 0 aliphatic heterocycles. The fourth-order valence-corrected chi connectivity index (χ4v) is 3.90. The van der Waals surface area contributed by atoms with E-state index in [1.165, 1.54) is 0 Å². The van der Waals surface area contributed by atoms with Crippen molar-refractivity contribution < 1.29 is 18.1 Å². The molecule has 6 nitrogen and oxygen atoms in total. The first-order valence-corrected chi connectivity index (χ1v) is 10.0. The molecule has 1 aromatic carbocycles.